The number of ether oxygens (including phenoxy) is 1. The Hall–Kier alpha value is -3.52. The van der Waals surface area contributed by atoms with E-state index in [1.54, 1.807) is 0 Å². The molecule has 1 saturated heterocycles. The van der Waals surface area contributed by atoms with Crippen LogP contribution in [0.4, 0.5) is 11.4 Å². The van der Waals surface area contributed by atoms with E-state index in [9.17, 15) is 19.7 Å². The number of anilines is 1. The number of nitro benzene ring substituents is 1. The van der Waals surface area contributed by atoms with Crippen LogP contribution in [-0.4, -0.2) is 23.8 Å². The summed E-state index contributed by atoms with van der Waals surface area (Å²) < 4.78 is 4.50. The van der Waals surface area contributed by atoms with Crippen molar-refractivity contribution in [2.24, 2.45) is 11.8 Å². The molecule has 33 heavy (non-hydrogen) atoms. The van der Waals surface area contributed by atoms with Gasteiger partial charge in [0.05, 0.1) is 39.9 Å². The fraction of sp³-hybridized carbons (Fsp3) is 0.200. The van der Waals surface area contributed by atoms with E-state index in [4.69, 9.17) is 4.74 Å². The van der Waals surface area contributed by atoms with Crippen molar-refractivity contribution in [2.75, 3.05) is 12.0 Å². The van der Waals surface area contributed by atoms with Gasteiger partial charge in [0.15, 0.2) is 0 Å². The highest BCUT2D eigenvalue weighted by Gasteiger charge is 2.67. The Morgan fingerprint density at radius 3 is 2.15 bits per heavy atom. The first-order valence-corrected chi connectivity index (χ1v) is 11.3. The summed E-state index contributed by atoms with van der Waals surface area (Å²) in [5, 5.41) is 11.2. The van der Waals surface area contributed by atoms with Crippen molar-refractivity contribution in [3.8, 4) is 5.75 Å². The highest BCUT2D eigenvalue weighted by atomic mass is 79.9. The molecule has 1 fully saturated rings. The van der Waals surface area contributed by atoms with Crippen LogP contribution in [0, 0.1) is 22.0 Å². The van der Waals surface area contributed by atoms with Crippen molar-refractivity contribution in [3.05, 3.63) is 99.1 Å². The van der Waals surface area contributed by atoms with Crippen molar-refractivity contribution in [1.82, 2.24) is 0 Å². The SMILES string of the molecule is COc1cc([N+](=O)[O-])ccc1N1C(=O)[C@H]2C3c4ccccc4C(Br)(c4ccccc43)[C@H]2C1=O. The summed E-state index contributed by atoms with van der Waals surface area (Å²) in [4.78, 5) is 39.7. The average molecular weight is 505 g/mol. The van der Waals surface area contributed by atoms with Crippen LogP contribution in [0.15, 0.2) is 66.7 Å². The molecule has 1 aliphatic heterocycles. The van der Waals surface area contributed by atoms with E-state index in [0.717, 1.165) is 27.2 Å². The third-order valence-electron chi connectivity index (χ3n) is 7.13. The first-order valence-electron chi connectivity index (χ1n) is 10.5. The van der Waals surface area contributed by atoms with Crippen molar-refractivity contribution >= 4 is 39.1 Å². The van der Waals surface area contributed by atoms with Crippen molar-refractivity contribution in [1.29, 1.82) is 0 Å². The molecular formula is C25H17BrN2O5. The Labute approximate surface area is 197 Å². The molecule has 164 valence electrons. The summed E-state index contributed by atoms with van der Waals surface area (Å²) in [6, 6.07) is 19.8. The second-order valence-electron chi connectivity index (χ2n) is 8.49. The summed E-state index contributed by atoms with van der Waals surface area (Å²) in [5.41, 5.74) is 4.10. The minimum absolute atomic E-state index is 0.107. The molecule has 8 heteroatoms. The summed E-state index contributed by atoms with van der Waals surface area (Å²) in [6.45, 7) is 0. The summed E-state index contributed by atoms with van der Waals surface area (Å²) in [5.74, 6) is -2.07. The Kier molecular flexibility index (Phi) is 4.11. The molecule has 1 heterocycles. The fourth-order valence-corrected chi connectivity index (χ4v) is 7.08. The number of amides is 2. The van der Waals surface area contributed by atoms with E-state index in [0.29, 0.717) is 0 Å². The van der Waals surface area contributed by atoms with Crippen molar-refractivity contribution in [3.63, 3.8) is 0 Å². The predicted molar refractivity (Wildman–Crippen MR) is 124 cm³/mol. The van der Waals surface area contributed by atoms with Gasteiger partial charge in [-0.05, 0) is 28.3 Å². The van der Waals surface area contributed by atoms with Crippen molar-refractivity contribution < 1.29 is 19.2 Å². The van der Waals surface area contributed by atoms with Gasteiger partial charge in [0.2, 0.25) is 11.8 Å². The third kappa shape index (κ3) is 2.39. The summed E-state index contributed by atoms with van der Waals surface area (Å²) in [7, 11) is 1.36. The number of hydrogen-bond acceptors (Lipinski definition) is 5. The van der Waals surface area contributed by atoms with Gasteiger partial charge in [-0.2, -0.15) is 0 Å². The third-order valence-corrected chi connectivity index (χ3v) is 8.48. The van der Waals surface area contributed by atoms with Crippen LogP contribution in [0.2, 0.25) is 0 Å². The number of rotatable bonds is 3. The molecule has 2 amide bonds. The van der Waals surface area contributed by atoms with Gasteiger partial charge in [0.1, 0.15) is 5.75 Å². The molecule has 0 aromatic heterocycles. The number of methoxy groups -OCH3 is 1. The Bertz CT molecular complexity index is 1340. The van der Waals surface area contributed by atoms with Crippen LogP contribution in [-0.2, 0) is 13.9 Å². The molecule has 0 unspecified atom stereocenters. The van der Waals surface area contributed by atoms with E-state index in [1.165, 1.54) is 25.3 Å². The van der Waals surface area contributed by atoms with Crippen LogP contribution >= 0.6 is 15.9 Å². The number of imide groups is 1. The van der Waals surface area contributed by atoms with E-state index >= 15 is 0 Å². The minimum atomic E-state index is -0.852. The van der Waals surface area contributed by atoms with Crippen molar-refractivity contribution in [2.45, 2.75) is 10.2 Å². The lowest BCUT2D eigenvalue weighted by Gasteiger charge is -2.51. The molecule has 0 spiro atoms. The van der Waals surface area contributed by atoms with Crippen LogP contribution in [0.3, 0.4) is 0 Å². The maximum Gasteiger partial charge on any atom is 0.273 e. The van der Waals surface area contributed by atoms with Crippen LogP contribution in [0.5, 0.6) is 5.75 Å². The lowest BCUT2D eigenvalue weighted by atomic mass is 9.55. The Morgan fingerprint density at radius 2 is 1.58 bits per heavy atom. The Morgan fingerprint density at radius 1 is 0.970 bits per heavy atom. The zero-order valence-electron chi connectivity index (χ0n) is 17.4. The molecular weight excluding hydrogens is 488 g/mol. The number of halogens is 1. The van der Waals surface area contributed by atoms with Gasteiger partial charge >= 0.3 is 0 Å². The van der Waals surface area contributed by atoms with Gasteiger partial charge in [-0.15, -0.1) is 0 Å². The quantitative estimate of drug-likeness (QED) is 0.226. The standard InChI is InChI=1S/C25H17BrN2O5/c1-33-19-12-13(28(31)32)10-11-18(19)27-23(29)21-20-14-6-2-4-8-16(14)25(26,22(21)24(27)30)17-9-5-3-7-15(17)20/h2-12,20-22H,1H3/t20?,21-,22+,25?/m0/s1. The maximum atomic E-state index is 13.9. The zero-order chi connectivity index (χ0) is 23.1. The topological polar surface area (TPSA) is 89.8 Å². The molecule has 3 aromatic carbocycles. The number of benzene rings is 3. The number of alkyl halides is 1. The number of hydrogen-bond donors (Lipinski definition) is 0. The van der Waals surface area contributed by atoms with Crippen LogP contribution in [0.25, 0.3) is 0 Å². The summed E-state index contributed by atoms with van der Waals surface area (Å²) in [6.07, 6.45) is 0. The van der Waals surface area contributed by atoms with Gasteiger partial charge in [0, 0.05) is 12.0 Å². The van der Waals surface area contributed by atoms with E-state index in [-0.39, 0.29) is 34.9 Å². The number of carbonyl (C=O) groups is 2. The molecule has 7 nitrogen and oxygen atoms in total. The number of nitrogens with zero attached hydrogens (tertiary/aromatic N) is 2. The lowest BCUT2D eigenvalue weighted by Crippen LogP contribution is -2.50. The molecule has 0 radical (unpaired) electrons. The maximum absolute atomic E-state index is 13.9. The normalized spacial score (nSPS) is 26.6. The van der Waals surface area contributed by atoms with Crippen LogP contribution in [0.1, 0.15) is 28.2 Å². The lowest BCUT2D eigenvalue weighted by molar-refractivity contribution is -0.384. The smallest absolute Gasteiger partial charge is 0.273 e. The van der Waals surface area contributed by atoms with E-state index in [2.05, 4.69) is 15.9 Å². The number of non-ortho nitro benzene ring substituents is 1. The molecule has 0 N–H and O–H groups in total. The second-order valence-corrected chi connectivity index (χ2v) is 9.74. The van der Waals surface area contributed by atoms with Gasteiger partial charge in [-0.1, -0.05) is 64.5 Å². The highest BCUT2D eigenvalue weighted by molar-refractivity contribution is 9.09. The van der Waals surface area contributed by atoms with Gasteiger partial charge in [-0.3, -0.25) is 19.7 Å². The first-order chi connectivity index (χ1) is 15.9. The monoisotopic (exact) mass is 504 g/mol. The molecule has 3 aromatic rings. The predicted octanol–water partition coefficient (Wildman–Crippen LogP) is 4.51. The second kappa shape index (κ2) is 6.74. The minimum Gasteiger partial charge on any atom is -0.494 e. The fourth-order valence-electron chi connectivity index (χ4n) is 5.88. The molecule has 0 saturated carbocycles. The van der Waals surface area contributed by atoms with Crippen LogP contribution < -0.4 is 9.64 Å². The molecule has 2 atom stereocenters. The van der Waals surface area contributed by atoms with E-state index in [1.807, 2.05) is 48.5 Å². The van der Waals surface area contributed by atoms with Gasteiger partial charge in [0.25, 0.3) is 5.69 Å². The molecule has 4 aliphatic rings. The number of carbonyl (C=O) groups excluding carboxylic acids is 2. The van der Waals surface area contributed by atoms with E-state index < -0.39 is 21.1 Å². The highest BCUT2D eigenvalue weighted by Crippen LogP contribution is 2.66. The van der Waals surface area contributed by atoms with Gasteiger partial charge < -0.3 is 4.74 Å². The average Bonchev–Trinajstić information content (AvgIpc) is 3.10. The Balaban J connectivity index is 1.57. The molecule has 3 aliphatic carbocycles. The summed E-state index contributed by atoms with van der Waals surface area (Å²) >= 11 is 3.95. The zero-order valence-corrected chi connectivity index (χ0v) is 19.0. The number of nitro groups is 1. The largest absolute Gasteiger partial charge is 0.494 e. The first kappa shape index (κ1) is 20.1. The molecule has 2 bridgehead atoms. The van der Waals surface area contributed by atoms with Gasteiger partial charge in [-0.25, -0.2) is 4.90 Å². The molecule has 7 rings (SSSR count).